The minimum atomic E-state index is -0.227. The minimum absolute atomic E-state index is 0.205. The van der Waals surface area contributed by atoms with Crippen LogP contribution in [0.15, 0.2) is 47.2 Å². The van der Waals surface area contributed by atoms with Gasteiger partial charge >= 0.3 is 0 Å². The predicted molar refractivity (Wildman–Crippen MR) is 89.8 cm³/mol. The number of hydrogen-bond acceptors (Lipinski definition) is 5. The Balaban J connectivity index is 1.64. The van der Waals surface area contributed by atoms with Crippen LogP contribution in [0, 0.1) is 0 Å². The SMILES string of the molecule is CCCCNC(=O)c1cc(COc2cccc3cnccc23)on1. The number of unbranched alkanes of at least 4 members (excludes halogenated alkanes) is 1. The summed E-state index contributed by atoms with van der Waals surface area (Å²) in [6, 6.07) is 9.28. The number of fused-ring (bicyclic) bond motifs is 1. The highest BCUT2D eigenvalue weighted by atomic mass is 16.5. The highest BCUT2D eigenvalue weighted by Crippen LogP contribution is 2.25. The molecule has 0 spiro atoms. The fourth-order valence-electron chi connectivity index (χ4n) is 2.32. The van der Waals surface area contributed by atoms with Gasteiger partial charge in [-0.3, -0.25) is 9.78 Å². The Morgan fingerprint density at radius 2 is 2.25 bits per heavy atom. The molecular formula is C18H19N3O3. The number of benzene rings is 1. The van der Waals surface area contributed by atoms with Crippen molar-refractivity contribution in [3.8, 4) is 5.75 Å². The van der Waals surface area contributed by atoms with Crippen molar-refractivity contribution < 1.29 is 14.1 Å². The fraction of sp³-hybridized carbons (Fsp3) is 0.278. The number of hydrogen-bond donors (Lipinski definition) is 1. The molecule has 0 fully saturated rings. The van der Waals surface area contributed by atoms with Crippen molar-refractivity contribution in [2.24, 2.45) is 0 Å². The van der Waals surface area contributed by atoms with Gasteiger partial charge < -0.3 is 14.6 Å². The number of pyridine rings is 1. The maximum atomic E-state index is 11.9. The number of amides is 1. The molecule has 1 aromatic carbocycles. The van der Waals surface area contributed by atoms with Crippen molar-refractivity contribution >= 4 is 16.7 Å². The molecule has 0 bridgehead atoms. The lowest BCUT2D eigenvalue weighted by Crippen LogP contribution is -2.24. The maximum absolute atomic E-state index is 11.9. The van der Waals surface area contributed by atoms with E-state index < -0.39 is 0 Å². The molecule has 0 aliphatic rings. The van der Waals surface area contributed by atoms with Crippen molar-refractivity contribution in [1.82, 2.24) is 15.5 Å². The lowest BCUT2D eigenvalue weighted by molar-refractivity contribution is 0.0944. The number of nitrogens with zero attached hydrogens (tertiary/aromatic N) is 2. The summed E-state index contributed by atoms with van der Waals surface area (Å²) in [5.41, 5.74) is 0.270. The van der Waals surface area contributed by atoms with Crippen molar-refractivity contribution in [3.63, 3.8) is 0 Å². The van der Waals surface area contributed by atoms with Gasteiger partial charge in [-0.25, -0.2) is 0 Å². The Kier molecular flexibility index (Phi) is 5.05. The Morgan fingerprint density at radius 1 is 1.33 bits per heavy atom. The molecule has 0 aliphatic carbocycles. The maximum Gasteiger partial charge on any atom is 0.273 e. The van der Waals surface area contributed by atoms with Crippen molar-refractivity contribution in [1.29, 1.82) is 0 Å². The summed E-state index contributed by atoms with van der Waals surface area (Å²) in [7, 11) is 0. The van der Waals surface area contributed by atoms with Gasteiger partial charge in [-0.2, -0.15) is 0 Å². The summed E-state index contributed by atoms with van der Waals surface area (Å²) in [6.07, 6.45) is 5.48. The van der Waals surface area contributed by atoms with Crippen LogP contribution in [-0.2, 0) is 6.61 Å². The van der Waals surface area contributed by atoms with Crippen LogP contribution < -0.4 is 10.1 Å². The lowest BCUT2D eigenvalue weighted by Gasteiger charge is -2.07. The zero-order valence-electron chi connectivity index (χ0n) is 13.5. The topological polar surface area (TPSA) is 77.2 Å². The molecule has 2 aromatic heterocycles. The first-order valence-electron chi connectivity index (χ1n) is 7.97. The van der Waals surface area contributed by atoms with Crippen LogP contribution in [-0.4, -0.2) is 22.6 Å². The van der Waals surface area contributed by atoms with Crippen molar-refractivity contribution in [2.45, 2.75) is 26.4 Å². The molecular weight excluding hydrogens is 306 g/mol. The first-order chi connectivity index (χ1) is 11.8. The largest absolute Gasteiger partial charge is 0.485 e. The highest BCUT2D eigenvalue weighted by molar-refractivity contribution is 5.92. The van der Waals surface area contributed by atoms with Crippen LogP contribution in [0.5, 0.6) is 5.75 Å². The van der Waals surface area contributed by atoms with E-state index in [4.69, 9.17) is 9.26 Å². The summed E-state index contributed by atoms with van der Waals surface area (Å²) in [6.45, 7) is 2.91. The lowest BCUT2D eigenvalue weighted by atomic mass is 10.1. The van der Waals surface area contributed by atoms with Crippen LogP contribution in [0.3, 0.4) is 0 Å². The summed E-state index contributed by atoms with van der Waals surface area (Å²) < 4.78 is 11.0. The monoisotopic (exact) mass is 325 g/mol. The number of carbonyl (C=O) groups excluding carboxylic acids is 1. The molecule has 2 heterocycles. The van der Waals surface area contributed by atoms with Gasteiger partial charge in [0.2, 0.25) is 0 Å². The van der Waals surface area contributed by atoms with Crippen LogP contribution in [0.4, 0.5) is 0 Å². The first-order valence-corrected chi connectivity index (χ1v) is 7.97. The van der Waals surface area contributed by atoms with Crippen LogP contribution >= 0.6 is 0 Å². The molecule has 0 saturated carbocycles. The second kappa shape index (κ2) is 7.59. The number of ether oxygens (including phenoxy) is 1. The van der Waals surface area contributed by atoms with Gasteiger partial charge in [-0.1, -0.05) is 30.6 Å². The molecule has 6 heteroatoms. The summed E-state index contributed by atoms with van der Waals surface area (Å²) in [5, 5.41) is 8.57. The van der Waals surface area contributed by atoms with Gasteiger partial charge in [0.1, 0.15) is 12.4 Å². The molecule has 6 nitrogen and oxygen atoms in total. The van der Waals surface area contributed by atoms with Crippen LogP contribution in [0.25, 0.3) is 10.8 Å². The Hall–Kier alpha value is -2.89. The van der Waals surface area contributed by atoms with Crippen LogP contribution in [0.1, 0.15) is 36.0 Å². The van der Waals surface area contributed by atoms with Gasteiger partial charge in [0.25, 0.3) is 5.91 Å². The molecule has 0 atom stereocenters. The van der Waals surface area contributed by atoms with Gasteiger partial charge in [-0.05, 0) is 18.6 Å². The van der Waals surface area contributed by atoms with E-state index in [0.29, 0.717) is 12.3 Å². The smallest absolute Gasteiger partial charge is 0.273 e. The molecule has 0 radical (unpaired) electrons. The van der Waals surface area contributed by atoms with Gasteiger partial charge in [0.05, 0.1) is 0 Å². The van der Waals surface area contributed by atoms with Gasteiger partial charge in [0.15, 0.2) is 11.5 Å². The number of aromatic nitrogens is 2. The molecule has 124 valence electrons. The quantitative estimate of drug-likeness (QED) is 0.674. The third-order valence-corrected chi connectivity index (χ3v) is 3.62. The molecule has 24 heavy (non-hydrogen) atoms. The summed E-state index contributed by atoms with van der Waals surface area (Å²) >= 11 is 0. The van der Waals surface area contributed by atoms with E-state index in [-0.39, 0.29) is 18.2 Å². The predicted octanol–water partition coefficient (Wildman–Crippen LogP) is 3.33. The average Bonchev–Trinajstić information content (AvgIpc) is 3.09. The van der Waals surface area contributed by atoms with E-state index in [0.717, 1.165) is 29.4 Å². The average molecular weight is 325 g/mol. The molecule has 1 amide bonds. The fourth-order valence-corrected chi connectivity index (χ4v) is 2.32. The molecule has 3 aromatic rings. The normalized spacial score (nSPS) is 10.7. The third-order valence-electron chi connectivity index (χ3n) is 3.62. The second-order valence-corrected chi connectivity index (χ2v) is 5.43. The first kappa shape index (κ1) is 16.0. The number of carbonyl (C=O) groups is 1. The van der Waals surface area contributed by atoms with E-state index in [2.05, 4.69) is 22.4 Å². The number of nitrogens with one attached hydrogen (secondary N) is 1. The van der Waals surface area contributed by atoms with Gasteiger partial charge in [0, 0.05) is 35.8 Å². The molecule has 1 N–H and O–H groups in total. The summed E-state index contributed by atoms with van der Waals surface area (Å²) in [4.78, 5) is 16.0. The second-order valence-electron chi connectivity index (χ2n) is 5.43. The summed E-state index contributed by atoms with van der Waals surface area (Å²) in [5.74, 6) is 1.01. The van der Waals surface area contributed by atoms with Crippen molar-refractivity contribution in [3.05, 3.63) is 54.2 Å². The zero-order chi connectivity index (χ0) is 16.8. The van der Waals surface area contributed by atoms with E-state index in [9.17, 15) is 4.79 Å². The Bertz CT molecular complexity index is 824. The zero-order valence-corrected chi connectivity index (χ0v) is 13.5. The molecule has 0 saturated heterocycles. The van der Waals surface area contributed by atoms with E-state index >= 15 is 0 Å². The highest BCUT2D eigenvalue weighted by Gasteiger charge is 2.12. The Labute approximate surface area is 139 Å². The van der Waals surface area contributed by atoms with Crippen molar-refractivity contribution in [2.75, 3.05) is 6.54 Å². The van der Waals surface area contributed by atoms with E-state index in [1.54, 1.807) is 18.5 Å². The molecule has 0 unspecified atom stereocenters. The van der Waals surface area contributed by atoms with Gasteiger partial charge in [-0.15, -0.1) is 0 Å². The third kappa shape index (κ3) is 3.71. The molecule has 3 rings (SSSR count). The standard InChI is InChI=1S/C18H19N3O3/c1-2-3-8-20-18(22)16-10-14(24-21-16)12-23-17-6-4-5-13-11-19-9-7-15(13)17/h4-7,9-11H,2-3,8,12H2,1H3,(H,20,22). The van der Waals surface area contributed by atoms with E-state index in [1.165, 1.54) is 0 Å². The molecule has 0 aliphatic heterocycles. The van der Waals surface area contributed by atoms with Crippen LogP contribution in [0.2, 0.25) is 0 Å². The number of rotatable bonds is 7. The Morgan fingerprint density at radius 3 is 3.12 bits per heavy atom. The minimum Gasteiger partial charge on any atom is -0.485 e. The van der Waals surface area contributed by atoms with E-state index in [1.807, 2.05) is 24.3 Å².